The number of aromatic nitrogens is 1. The van der Waals surface area contributed by atoms with E-state index in [1.807, 2.05) is 67.6 Å². The zero-order valence-electron chi connectivity index (χ0n) is 18.7. The van der Waals surface area contributed by atoms with Crippen LogP contribution in [-0.2, 0) is 19.1 Å². The summed E-state index contributed by atoms with van der Waals surface area (Å²) in [5, 5.41) is 2.65. The van der Waals surface area contributed by atoms with Crippen molar-refractivity contribution in [1.82, 2.24) is 9.88 Å². The average molecular weight is 491 g/mol. The second kappa shape index (κ2) is 9.01. The predicted molar refractivity (Wildman–Crippen MR) is 129 cm³/mol. The van der Waals surface area contributed by atoms with Crippen LogP contribution in [0.3, 0.4) is 0 Å². The second-order valence-electron chi connectivity index (χ2n) is 8.26. The van der Waals surface area contributed by atoms with Crippen LogP contribution in [0.5, 0.6) is 0 Å². The molecule has 1 aromatic heterocycles. The molecule has 1 aliphatic heterocycles. The molecule has 5 rings (SSSR count). The zero-order valence-corrected chi connectivity index (χ0v) is 19.6. The van der Waals surface area contributed by atoms with E-state index in [2.05, 4.69) is 5.32 Å². The lowest BCUT2D eigenvalue weighted by Gasteiger charge is -2.36. The molecule has 1 amide bonds. The van der Waals surface area contributed by atoms with Crippen molar-refractivity contribution < 1.29 is 21.8 Å². The Morgan fingerprint density at radius 3 is 2.09 bits per heavy atom. The number of rotatable bonds is 7. The van der Waals surface area contributed by atoms with Crippen LogP contribution in [0.4, 0.5) is 0 Å². The molecule has 2 atom stereocenters. The summed E-state index contributed by atoms with van der Waals surface area (Å²) in [5.41, 5.74) is 2.71. The van der Waals surface area contributed by atoms with E-state index < -0.39 is 33.9 Å². The van der Waals surface area contributed by atoms with Gasteiger partial charge in [-0.25, -0.2) is 4.79 Å². The van der Waals surface area contributed by atoms with E-state index in [1.165, 1.54) is 16.7 Å². The number of hydrogen-bond donors (Lipinski definition) is 1. The first-order valence-corrected chi connectivity index (χ1v) is 12.4. The van der Waals surface area contributed by atoms with Gasteiger partial charge in [0.25, 0.3) is 10.1 Å². The van der Waals surface area contributed by atoms with Gasteiger partial charge in [0.05, 0.1) is 23.2 Å². The standard InChI is InChI=1S/C26H22N2O6S/c1-17-12-14-20(15-13-17)35(31,32)33-16-21-23(25(29)27-21)28-22(18-8-4-2-5-9-18)24(34-26(28)30)19-10-6-3-7-11-19/h2-15,21,23H,16H2,1H3,(H,27,29)/t21-,23+/m1/s1. The molecule has 4 aromatic rings. The minimum Gasteiger partial charge on any atom is -0.407 e. The Labute approximate surface area is 201 Å². The second-order valence-corrected chi connectivity index (χ2v) is 9.87. The van der Waals surface area contributed by atoms with E-state index in [0.29, 0.717) is 22.6 Å². The van der Waals surface area contributed by atoms with Gasteiger partial charge in [-0.2, -0.15) is 8.42 Å². The highest BCUT2D eigenvalue weighted by molar-refractivity contribution is 7.86. The summed E-state index contributed by atoms with van der Waals surface area (Å²) >= 11 is 0. The Bertz CT molecular complexity index is 1520. The van der Waals surface area contributed by atoms with Gasteiger partial charge in [0.2, 0.25) is 5.91 Å². The summed E-state index contributed by atoms with van der Waals surface area (Å²) in [6, 6.07) is 22.8. The van der Waals surface area contributed by atoms with Crippen LogP contribution < -0.4 is 11.1 Å². The van der Waals surface area contributed by atoms with Crippen LogP contribution in [0.2, 0.25) is 0 Å². The van der Waals surface area contributed by atoms with Crippen molar-refractivity contribution in [3.8, 4) is 22.6 Å². The number of β-lactam (4-membered cyclic amide) rings is 1. The normalized spacial score (nSPS) is 17.6. The SMILES string of the molecule is Cc1ccc(S(=O)(=O)OC[C@H]2NC(=O)[C@H]2n2c(-c3ccccc3)c(-c3ccccc3)oc2=O)cc1. The van der Waals surface area contributed by atoms with Crippen molar-refractivity contribution >= 4 is 16.0 Å². The quantitative estimate of drug-likeness (QED) is 0.314. The summed E-state index contributed by atoms with van der Waals surface area (Å²) in [5.74, 6) is -0.812. The maximum atomic E-state index is 13.0. The number of carbonyl (C=O) groups excluding carboxylic acids is 1. The fourth-order valence-electron chi connectivity index (χ4n) is 4.09. The fraction of sp³-hybridized carbons (Fsp3) is 0.154. The summed E-state index contributed by atoms with van der Waals surface area (Å²) in [6.07, 6.45) is 0. The molecule has 3 aromatic carbocycles. The van der Waals surface area contributed by atoms with Crippen molar-refractivity contribution in [1.29, 1.82) is 0 Å². The van der Waals surface area contributed by atoms with Crippen LogP contribution in [0, 0.1) is 6.92 Å². The molecule has 0 radical (unpaired) electrons. The lowest BCUT2D eigenvalue weighted by molar-refractivity contribution is -0.135. The van der Waals surface area contributed by atoms with Gasteiger partial charge in [-0.05, 0) is 19.1 Å². The van der Waals surface area contributed by atoms with Gasteiger partial charge in [-0.3, -0.25) is 13.5 Å². The molecule has 1 saturated heterocycles. The number of benzene rings is 3. The van der Waals surface area contributed by atoms with Gasteiger partial charge in [0.1, 0.15) is 6.04 Å². The molecular weight excluding hydrogens is 468 g/mol. The molecule has 1 aliphatic rings. The lowest BCUT2D eigenvalue weighted by Crippen LogP contribution is -2.62. The molecule has 2 heterocycles. The number of hydrogen-bond acceptors (Lipinski definition) is 6. The maximum Gasteiger partial charge on any atom is 0.420 e. The highest BCUT2D eigenvalue weighted by atomic mass is 32.2. The van der Waals surface area contributed by atoms with Crippen LogP contribution in [-0.4, -0.2) is 31.5 Å². The Morgan fingerprint density at radius 2 is 1.49 bits per heavy atom. The smallest absolute Gasteiger partial charge is 0.407 e. The number of aryl methyl sites for hydroxylation is 1. The van der Waals surface area contributed by atoms with Crippen LogP contribution in [0.15, 0.2) is 99.0 Å². The molecule has 0 bridgehead atoms. The summed E-state index contributed by atoms with van der Waals surface area (Å²) < 4.78 is 37.4. The topological polar surface area (TPSA) is 108 Å². The van der Waals surface area contributed by atoms with E-state index in [-0.39, 0.29) is 11.5 Å². The molecule has 35 heavy (non-hydrogen) atoms. The van der Waals surface area contributed by atoms with Gasteiger partial charge in [-0.1, -0.05) is 78.4 Å². The van der Waals surface area contributed by atoms with Gasteiger partial charge in [-0.15, -0.1) is 0 Å². The molecule has 0 unspecified atom stereocenters. The molecule has 0 saturated carbocycles. The molecule has 0 aliphatic carbocycles. The van der Waals surface area contributed by atoms with Gasteiger partial charge in [0, 0.05) is 11.1 Å². The predicted octanol–water partition coefficient (Wildman–Crippen LogP) is 3.53. The fourth-order valence-corrected chi connectivity index (χ4v) is 5.02. The Hall–Kier alpha value is -3.95. The molecule has 0 spiro atoms. The first-order valence-electron chi connectivity index (χ1n) is 11.0. The highest BCUT2D eigenvalue weighted by Gasteiger charge is 2.45. The average Bonchev–Trinajstić information content (AvgIpc) is 3.19. The Morgan fingerprint density at radius 1 is 0.886 bits per heavy atom. The van der Waals surface area contributed by atoms with Gasteiger partial charge < -0.3 is 9.73 Å². The third kappa shape index (κ3) is 4.31. The summed E-state index contributed by atoms with van der Waals surface area (Å²) in [4.78, 5) is 25.7. The number of nitrogens with zero attached hydrogens (tertiary/aromatic N) is 1. The minimum absolute atomic E-state index is 0.0158. The molecule has 1 fully saturated rings. The summed E-state index contributed by atoms with van der Waals surface area (Å²) in [6.45, 7) is 1.52. The zero-order chi connectivity index (χ0) is 24.6. The molecule has 8 nitrogen and oxygen atoms in total. The number of oxazole rings is 1. The molecule has 1 N–H and O–H groups in total. The van der Waals surface area contributed by atoms with E-state index in [1.54, 1.807) is 12.1 Å². The lowest BCUT2D eigenvalue weighted by atomic mass is 9.97. The number of amides is 1. The van der Waals surface area contributed by atoms with E-state index in [0.717, 1.165) is 5.56 Å². The largest absolute Gasteiger partial charge is 0.420 e. The van der Waals surface area contributed by atoms with Crippen molar-refractivity contribution in [3.63, 3.8) is 0 Å². The highest BCUT2D eigenvalue weighted by Crippen LogP contribution is 2.36. The Kier molecular flexibility index (Phi) is 5.88. The third-order valence-electron chi connectivity index (χ3n) is 5.89. The maximum absolute atomic E-state index is 13.0. The van der Waals surface area contributed by atoms with Gasteiger partial charge >= 0.3 is 5.76 Å². The number of nitrogens with one attached hydrogen (secondary N) is 1. The first-order chi connectivity index (χ1) is 16.8. The van der Waals surface area contributed by atoms with E-state index in [9.17, 15) is 18.0 Å². The van der Waals surface area contributed by atoms with Crippen molar-refractivity contribution in [2.75, 3.05) is 6.61 Å². The van der Waals surface area contributed by atoms with E-state index >= 15 is 0 Å². The number of carbonyl (C=O) groups is 1. The van der Waals surface area contributed by atoms with Crippen LogP contribution >= 0.6 is 0 Å². The van der Waals surface area contributed by atoms with Gasteiger partial charge in [0.15, 0.2) is 5.76 Å². The van der Waals surface area contributed by atoms with E-state index in [4.69, 9.17) is 8.60 Å². The molecule has 178 valence electrons. The van der Waals surface area contributed by atoms with Crippen molar-refractivity contribution in [2.24, 2.45) is 0 Å². The Balaban J connectivity index is 1.50. The molecular formula is C26H22N2O6S. The van der Waals surface area contributed by atoms with Crippen molar-refractivity contribution in [3.05, 3.63) is 101 Å². The van der Waals surface area contributed by atoms with Crippen molar-refractivity contribution in [2.45, 2.75) is 23.9 Å². The summed E-state index contributed by atoms with van der Waals surface area (Å²) in [7, 11) is -4.04. The van der Waals surface area contributed by atoms with Crippen LogP contribution in [0.25, 0.3) is 22.6 Å². The van der Waals surface area contributed by atoms with Crippen LogP contribution in [0.1, 0.15) is 11.6 Å². The molecule has 9 heteroatoms. The first kappa shape index (κ1) is 22.8. The minimum atomic E-state index is -4.04. The monoisotopic (exact) mass is 490 g/mol. The third-order valence-corrected chi connectivity index (χ3v) is 7.19.